The minimum Gasteiger partial charge on any atom is -0.355 e. The Balaban J connectivity index is 1.79. The fraction of sp³-hybridized carbons (Fsp3) is 0.900. The third-order valence-electron chi connectivity index (χ3n) is 6.14. The largest absolute Gasteiger partial charge is 0.355 e. The molecule has 0 spiro atoms. The molecule has 2 atom stereocenters. The average Bonchev–Trinajstić information content (AvgIpc) is 3.23. The van der Waals surface area contributed by atoms with Crippen LogP contribution < -0.4 is 5.32 Å². The van der Waals surface area contributed by atoms with Crippen LogP contribution in [0.4, 0.5) is 0 Å². The second-order valence-corrected chi connectivity index (χ2v) is 7.73. The van der Waals surface area contributed by atoms with Crippen LogP contribution in [0.3, 0.4) is 0 Å². The van der Waals surface area contributed by atoms with E-state index < -0.39 is 0 Å². The predicted molar refractivity (Wildman–Crippen MR) is 112 cm³/mol. The van der Waals surface area contributed by atoms with Gasteiger partial charge in [0, 0.05) is 58.9 Å². The number of piperazine rings is 1. The van der Waals surface area contributed by atoms with Gasteiger partial charge >= 0.3 is 0 Å². The van der Waals surface area contributed by atoms with Crippen molar-refractivity contribution in [3.63, 3.8) is 0 Å². The molecule has 2 saturated heterocycles. The van der Waals surface area contributed by atoms with E-state index in [0.29, 0.717) is 11.9 Å². The number of hydrogen-bond acceptors (Lipinski definition) is 4. The second kappa shape index (κ2) is 10.9. The fourth-order valence-electron chi connectivity index (χ4n) is 4.23. The van der Waals surface area contributed by atoms with Crippen LogP contribution in [-0.4, -0.2) is 110 Å². The van der Waals surface area contributed by atoms with E-state index in [0.717, 1.165) is 77.7 Å². The number of hydrogen-bond donors (Lipinski definition) is 1. The molecular weight excluding hydrogens is 340 g/mol. The maximum Gasteiger partial charge on any atom is 0.239 e. The maximum absolute atomic E-state index is 12.6. The zero-order chi connectivity index (χ0) is 19.8. The molecule has 0 aromatic heterocycles. The number of carbonyl (C=O) groups is 1. The van der Waals surface area contributed by atoms with Crippen molar-refractivity contribution >= 4 is 11.9 Å². The van der Waals surface area contributed by atoms with E-state index in [1.807, 2.05) is 11.9 Å². The summed E-state index contributed by atoms with van der Waals surface area (Å²) in [6.45, 7) is 17.3. The molecular formula is C20H40N6O. The Morgan fingerprint density at radius 2 is 1.59 bits per heavy atom. The van der Waals surface area contributed by atoms with Gasteiger partial charge in [-0.1, -0.05) is 13.8 Å². The highest BCUT2D eigenvalue weighted by Crippen LogP contribution is 2.14. The van der Waals surface area contributed by atoms with Crippen molar-refractivity contribution in [2.75, 3.05) is 66.0 Å². The van der Waals surface area contributed by atoms with Crippen molar-refractivity contribution in [3.8, 4) is 0 Å². The van der Waals surface area contributed by atoms with Gasteiger partial charge in [-0.05, 0) is 39.8 Å². The Kier molecular flexibility index (Phi) is 8.83. The lowest BCUT2D eigenvalue weighted by Gasteiger charge is -2.40. The molecule has 1 N–H and O–H groups in total. The lowest BCUT2D eigenvalue weighted by atomic mass is 10.2. The van der Waals surface area contributed by atoms with E-state index in [1.54, 1.807) is 0 Å². The molecule has 7 nitrogen and oxygen atoms in total. The molecule has 156 valence electrons. The first kappa shape index (κ1) is 22.0. The lowest BCUT2D eigenvalue weighted by molar-refractivity contribution is -0.135. The van der Waals surface area contributed by atoms with Gasteiger partial charge in [-0.25, -0.2) is 0 Å². The smallest absolute Gasteiger partial charge is 0.239 e. The van der Waals surface area contributed by atoms with E-state index in [-0.39, 0.29) is 6.04 Å². The highest BCUT2D eigenvalue weighted by Gasteiger charge is 2.30. The summed E-state index contributed by atoms with van der Waals surface area (Å²) in [5, 5.41) is 3.54. The van der Waals surface area contributed by atoms with Crippen LogP contribution in [0.25, 0.3) is 0 Å². The van der Waals surface area contributed by atoms with Crippen LogP contribution in [0.15, 0.2) is 4.99 Å². The molecule has 0 saturated carbocycles. The number of aliphatic imine (C=N–C) groups is 1. The Morgan fingerprint density at radius 3 is 2.11 bits per heavy atom. The molecule has 2 aliphatic heterocycles. The van der Waals surface area contributed by atoms with E-state index in [9.17, 15) is 4.79 Å². The topological polar surface area (TPSA) is 54.4 Å². The molecule has 0 aromatic rings. The molecule has 0 aromatic carbocycles. The first-order chi connectivity index (χ1) is 13.0. The van der Waals surface area contributed by atoms with Crippen molar-refractivity contribution in [1.82, 2.24) is 24.9 Å². The first-order valence-corrected chi connectivity index (χ1v) is 10.7. The van der Waals surface area contributed by atoms with Gasteiger partial charge in [0.05, 0.1) is 6.04 Å². The molecule has 0 radical (unpaired) electrons. The normalized spacial score (nSPS) is 21.6. The maximum atomic E-state index is 12.6. The molecule has 2 heterocycles. The van der Waals surface area contributed by atoms with Gasteiger partial charge in [0.25, 0.3) is 0 Å². The third-order valence-corrected chi connectivity index (χ3v) is 6.14. The summed E-state index contributed by atoms with van der Waals surface area (Å²) < 4.78 is 0. The number of likely N-dealkylation sites (tertiary alicyclic amines) is 1. The van der Waals surface area contributed by atoms with Crippen molar-refractivity contribution in [2.24, 2.45) is 4.99 Å². The molecule has 1 amide bonds. The Bertz CT molecular complexity index is 479. The van der Waals surface area contributed by atoms with Crippen molar-refractivity contribution in [2.45, 2.75) is 52.6 Å². The highest BCUT2D eigenvalue weighted by molar-refractivity contribution is 5.82. The minimum absolute atomic E-state index is 0.0112. The number of amides is 1. The van der Waals surface area contributed by atoms with Crippen molar-refractivity contribution in [3.05, 3.63) is 0 Å². The number of carbonyl (C=O) groups excluding carboxylic acids is 1. The summed E-state index contributed by atoms with van der Waals surface area (Å²) in [5.41, 5.74) is 0. The number of nitrogens with one attached hydrogen (secondary N) is 1. The summed E-state index contributed by atoms with van der Waals surface area (Å²) >= 11 is 0. The van der Waals surface area contributed by atoms with Crippen molar-refractivity contribution < 1.29 is 4.79 Å². The summed E-state index contributed by atoms with van der Waals surface area (Å²) in [7, 11) is 1.86. The second-order valence-electron chi connectivity index (χ2n) is 7.73. The van der Waals surface area contributed by atoms with Crippen LogP contribution in [0.5, 0.6) is 0 Å². The van der Waals surface area contributed by atoms with Crippen LogP contribution in [0.2, 0.25) is 0 Å². The van der Waals surface area contributed by atoms with Gasteiger partial charge in [0.2, 0.25) is 5.91 Å². The van der Waals surface area contributed by atoms with E-state index >= 15 is 0 Å². The standard InChI is InChI=1S/C20H40N6O/c1-6-23(7-2)17(3)16-22-20(21-5)26-14-12-24(13-15-26)18(4)19(27)25-10-8-9-11-25/h17-18H,6-16H2,1-5H3,(H,21,22). The number of likely N-dealkylation sites (N-methyl/N-ethyl adjacent to an activating group) is 1. The molecule has 2 fully saturated rings. The van der Waals surface area contributed by atoms with E-state index in [2.05, 4.69) is 52.7 Å². The Morgan fingerprint density at radius 1 is 1.00 bits per heavy atom. The molecule has 0 aliphatic carbocycles. The van der Waals surface area contributed by atoms with Gasteiger partial charge in [0.15, 0.2) is 5.96 Å². The SMILES string of the molecule is CCN(CC)C(C)CNC(=NC)N1CCN(C(C)C(=O)N2CCCC2)CC1. The predicted octanol–water partition coefficient (Wildman–Crippen LogP) is 0.921. The molecule has 7 heteroatoms. The zero-order valence-corrected chi connectivity index (χ0v) is 18.1. The summed E-state index contributed by atoms with van der Waals surface area (Å²) in [6, 6.07) is 0.471. The summed E-state index contributed by atoms with van der Waals surface area (Å²) in [4.78, 5) is 26.2. The summed E-state index contributed by atoms with van der Waals surface area (Å²) in [6.07, 6.45) is 2.31. The third kappa shape index (κ3) is 5.82. The van der Waals surface area contributed by atoms with Crippen LogP contribution in [-0.2, 0) is 4.79 Å². The van der Waals surface area contributed by atoms with E-state index in [1.165, 1.54) is 0 Å². The molecule has 0 bridgehead atoms. The van der Waals surface area contributed by atoms with Gasteiger partial charge in [0.1, 0.15) is 0 Å². The van der Waals surface area contributed by atoms with Gasteiger partial charge in [-0.2, -0.15) is 0 Å². The van der Waals surface area contributed by atoms with Crippen LogP contribution in [0.1, 0.15) is 40.5 Å². The fourth-order valence-corrected chi connectivity index (χ4v) is 4.23. The zero-order valence-electron chi connectivity index (χ0n) is 18.1. The number of rotatable bonds is 7. The van der Waals surface area contributed by atoms with Gasteiger partial charge < -0.3 is 15.1 Å². The monoisotopic (exact) mass is 380 g/mol. The summed E-state index contributed by atoms with van der Waals surface area (Å²) in [5.74, 6) is 1.28. The van der Waals surface area contributed by atoms with Gasteiger partial charge in [-0.15, -0.1) is 0 Å². The molecule has 2 rings (SSSR count). The highest BCUT2D eigenvalue weighted by atomic mass is 16.2. The van der Waals surface area contributed by atoms with Gasteiger partial charge in [-0.3, -0.25) is 19.6 Å². The Hall–Kier alpha value is -1.34. The first-order valence-electron chi connectivity index (χ1n) is 10.7. The number of nitrogens with zero attached hydrogens (tertiary/aromatic N) is 5. The lowest BCUT2D eigenvalue weighted by Crippen LogP contribution is -2.57. The van der Waals surface area contributed by atoms with Crippen LogP contribution in [0, 0.1) is 0 Å². The van der Waals surface area contributed by atoms with Crippen LogP contribution >= 0.6 is 0 Å². The molecule has 27 heavy (non-hydrogen) atoms. The van der Waals surface area contributed by atoms with Crippen molar-refractivity contribution in [1.29, 1.82) is 0 Å². The average molecular weight is 381 g/mol. The Labute approximate surface area is 165 Å². The molecule has 2 aliphatic rings. The molecule has 2 unspecified atom stereocenters. The van der Waals surface area contributed by atoms with E-state index in [4.69, 9.17) is 0 Å². The quantitative estimate of drug-likeness (QED) is 0.526. The minimum atomic E-state index is -0.0112. The number of guanidine groups is 1.